The van der Waals surface area contributed by atoms with Gasteiger partial charge in [0.25, 0.3) is 0 Å². The molecule has 3 aromatic rings. The average Bonchev–Trinajstić information content (AvgIpc) is 3.16. The number of benzene rings is 2. The standard InChI is InChI=1S/C20H15ClN4O4S/c1-10(26)25-14-5-4-12(21)8-13(14)17-18(22-20(30-2)24-23-17)29-19(25)11-3-6-15-16(7-11)28-9-27-15/h3-8,19H,9H2,1-2H3/t19-/m0/s1. The third kappa shape index (κ3) is 3.10. The fourth-order valence-electron chi connectivity index (χ4n) is 3.45. The Balaban J connectivity index is 1.74. The van der Waals surface area contributed by atoms with Crippen LogP contribution < -0.4 is 19.1 Å². The lowest BCUT2D eigenvalue weighted by atomic mass is 10.1. The molecule has 0 saturated carbocycles. The first kappa shape index (κ1) is 19.0. The first-order chi connectivity index (χ1) is 14.5. The van der Waals surface area contributed by atoms with Gasteiger partial charge in [0, 0.05) is 23.1 Å². The molecule has 0 unspecified atom stereocenters. The Bertz CT molecular complexity index is 1180. The SMILES string of the molecule is CSc1nnc2c(n1)O[C@@H](c1ccc3c(c1)OCO3)N(C(C)=O)c1ccc(Cl)cc1-2. The summed E-state index contributed by atoms with van der Waals surface area (Å²) in [6.45, 7) is 1.63. The number of anilines is 1. The molecule has 1 atom stereocenters. The molecular formula is C20H15ClN4O4S. The molecular weight excluding hydrogens is 428 g/mol. The summed E-state index contributed by atoms with van der Waals surface area (Å²) in [6, 6.07) is 10.6. The minimum atomic E-state index is -0.801. The molecule has 0 bridgehead atoms. The highest BCUT2D eigenvalue weighted by Gasteiger charge is 2.35. The van der Waals surface area contributed by atoms with E-state index in [1.165, 1.54) is 18.7 Å². The summed E-state index contributed by atoms with van der Waals surface area (Å²) in [4.78, 5) is 18.8. The molecule has 152 valence electrons. The molecule has 5 rings (SSSR count). The minimum Gasteiger partial charge on any atom is -0.454 e. The van der Waals surface area contributed by atoms with Gasteiger partial charge in [-0.05, 0) is 42.7 Å². The van der Waals surface area contributed by atoms with Gasteiger partial charge in [0.05, 0.1) is 5.69 Å². The zero-order chi connectivity index (χ0) is 20.8. The van der Waals surface area contributed by atoms with Crippen LogP contribution in [0.2, 0.25) is 5.02 Å². The number of nitrogens with zero attached hydrogens (tertiary/aromatic N) is 4. The number of amides is 1. The van der Waals surface area contributed by atoms with E-state index < -0.39 is 6.23 Å². The summed E-state index contributed by atoms with van der Waals surface area (Å²) < 4.78 is 17.2. The number of thioether (sulfide) groups is 1. The predicted octanol–water partition coefficient (Wildman–Crippen LogP) is 4.09. The molecule has 8 nitrogen and oxygen atoms in total. The van der Waals surface area contributed by atoms with Crippen molar-refractivity contribution >= 4 is 35.0 Å². The highest BCUT2D eigenvalue weighted by atomic mass is 35.5. The fourth-order valence-corrected chi connectivity index (χ4v) is 3.92. The van der Waals surface area contributed by atoms with Crippen molar-refractivity contribution in [2.45, 2.75) is 18.3 Å². The third-order valence-corrected chi connectivity index (χ3v) is 5.54. The van der Waals surface area contributed by atoms with Gasteiger partial charge in [-0.25, -0.2) is 0 Å². The van der Waals surface area contributed by atoms with Gasteiger partial charge in [0.2, 0.25) is 30.0 Å². The van der Waals surface area contributed by atoms with E-state index >= 15 is 0 Å². The Kier molecular flexibility index (Phi) is 4.63. The summed E-state index contributed by atoms with van der Waals surface area (Å²) in [6.07, 6.45) is 1.05. The largest absolute Gasteiger partial charge is 0.454 e. The Labute approximate surface area is 181 Å². The van der Waals surface area contributed by atoms with Gasteiger partial charge in [0.15, 0.2) is 17.2 Å². The van der Waals surface area contributed by atoms with Crippen LogP contribution in [0.4, 0.5) is 5.69 Å². The van der Waals surface area contributed by atoms with Crippen molar-refractivity contribution < 1.29 is 19.0 Å². The number of carbonyl (C=O) groups is 1. The Hall–Kier alpha value is -3.04. The van der Waals surface area contributed by atoms with Crippen LogP contribution in [-0.2, 0) is 4.79 Å². The maximum absolute atomic E-state index is 12.8. The number of carbonyl (C=O) groups excluding carboxylic acids is 1. The molecule has 0 fully saturated rings. The zero-order valence-corrected chi connectivity index (χ0v) is 17.5. The van der Waals surface area contributed by atoms with E-state index in [4.69, 9.17) is 25.8 Å². The first-order valence-corrected chi connectivity index (χ1v) is 10.6. The van der Waals surface area contributed by atoms with Crippen LogP contribution in [0.3, 0.4) is 0 Å². The topological polar surface area (TPSA) is 86.7 Å². The zero-order valence-electron chi connectivity index (χ0n) is 16.0. The highest BCUT2D eigenvalue weighted by molar-refractivity contribution is 7.98. The van der Waals surface area contributed by atoms with Gasteiger partial charge in [-0.1, -0.05) is 23.4 Å². The number of aromatic nitrogens is 3. The summed E-state index contributed by atoms with van der Waals surface area (Å²) >= 11 is 7.60. The molecule has 0 radical (unpaired) electrons. The van der Waals surface area contributed by atoms with Gasteiger partial charge in [-0.2, -0.15) is 4.98 Å². The van der Waals surface area contributed by atoms with Crippen molar-refractivity contribution in [1.82, 2.24) is 15.2 Å². The molecule has 30 heavy (non-hydrogen) atoms. The lowest BCUT2D eigenvalue weighted by molar-refractivity contribution is -0.118. The lowest BCUT2D eigenvalue weighted by Gasteiger charge is -2.30. The van der Waals surface area contributed by atoms with Crippen molar-refractivity contribution in [3.63, 3.8) is 0 Å². The van der Waals surface area contributed by atoms with Gasteiger partial charge in [0.1, 0.15) is 0 Å². The summed E-state index contributed by atoms with van der Waals surface area (Å²) in [7, 11) is 0. The Morgan fingerprint density at radius 3 is 2.80 bits per heavy atom. The fraction of sp³-hybridized carbons (Fsp3) is 0.200. The van der Waals surface area contributed by atoms with E-state index in [2.05, 4.69) is 15.2 Å². The molecule has 0 spiro atoms. The maximum Gasteiger partial charge on any atom is 0.247 e. The third-order valence-electron chi connectivity index (χ3n) is 4.77. The van der Waals surface area contributed by atoms with Gasteiger partial charge >= 0.3 is 0 Å². The quantitative estimate of drug-likeness (QED) is 0.548. The number of rotatable bonds is 2. The second-order valence-corrected chi connectivity index (χ2v) is 7.80. The molecule has 2 aliphatic heterocycles. The Morgan fingerprint density at radius 1 is 1.17 bits per heavy atom. The number of halogens is 1. The van der Waals surface area contributed by atoms with Crippen LogP contribution in [-0.4, -0.2) is 34.1 Å². The Morgan fingerprint density at radius 2 is 2.00 bits per heavy atom. The number of hydrogen-bond donors (Lipinski definition) is 0. The van der Waals surface area contributed by atoms with Crippen molar-refractivity contribution in [2.24, 2.45) is 0 Å². The highest BCUT2D eigenvalue weighted by Crippen LogP contribution is 2.45. The van der Waals surface area contributed by atoms with E-state index in [1.807, 2.05) is 12.3 Å². The second kappa shape index (κ2) is 7.33. The van der Waals surface area contributed by atoms with E-state index in [1.54, 1.807) is 35.2 Å². The molecule has 0 saturated heterocycles. The van der Waals surface area contributed by atoms with E-state index in [9.17, 15) is 4.79 Å². The molecule has 1 amide bonds. The van der Waals surface area contributed by atoms with Crippen LogP contribution in [0.25, 0.3) is 11.3 Å². The molecule has 1 aromatic heterocycles. The normalized spacial score (nSPS) is 16.4. The molecule has 2 aromatic carbocycles. The summed E-state index contributed by atoms with van der Waals surface area (Å²) in [5.74, 6) is 1.28. The van der Waals surface area contributed by atoms with Crippen molar-refractivity contribution in [3.05, 3.63) is 47.0 Å². The number of ether oxygens (including phenoxy) is 3. The molecule has 2 aliphatic rings. The monoisotopic (exact) mass is 442 g/mol. The predicted molar refractivity (Wildman–Crippen MR) is 111 cm³/mol. The first-order valence-electron chi connectivity index (χ1n) is 9.00. The van der Waals surface area contributed by atoms with Crippen molar-refractivity contribution in [1.29, 1.82) is 0 Å². The maximum atomic E-state index is 12.8. The van der Waals surface area contributed by atoms with Crippen molar-refractivity contribution in [2.75, 3.05) is 17.9 Å². The average molecular weight is 443 g/mol. The van der Waals surface area contributed by atoms with Crippen LogP contribution in [0.5, 0.6) is 17.4 Å². The van der Waals surface area contributed by atoms with E-state index in [0.717, 1.165) is 0 Å². The van der Waals surface area contributed by atoms with Gasteiger partial charge < -0.3 is 14.2 Å². The van der Waals surface area contributed by atoms with Gasteiger partial charge in [-0.15, -0.1) is 10.2 Å². The molecule has 0 N–H and O–H groups in total. The summed E-state index contributed by atoms with van der Waals surface area (Å²) in [5.41, 5.74) is 2.33. The van der Waals surface area contributed by atoms with E-state index in [0.29, 0.717) is 44.2 Å². The van der Waals surface area contributed by atoms with E-state index in [-0.39, 0.29) is 18.6 Å². The van der Waals surface area contributed by atoms with Crippen molar-refractivity contribution in [3.8, 4) is 28.6 Å². The van der Waals surface area contributed by atoms with Gasteiger partial charge in [-0.3, -0.25) is 9.69 Å². The molecule has 3 heterocycles. The second-order valence-electron chi connectivity index (χ2n) is 6.59. The minimum absolute atomic E-state index is 0.152. The smallest absolute Gasteiger partial charge is 0.247 e. The van der Waals surface area contributed by atoms with Crippen LogP contribution >= 0.6 is 23.4 Å². The van der Waals surface area contributed by atoms with Crippen LogP contribution in [0.1, 0.15) is 18.7 Å². The number of fused-ring (bicyclic) bond motifs is 4. The molecule has 0 aliphatic carbocycles. The lowest BCUT2D eigenvalue weighted by Crippen LogP contribution is -2.36. The number of hydrogen-bond acceptors (Lipinski definition) is 8. The van der Waals surface area contributed by atoms with Crippen LogP contribution in [0, 0.1) is 0 Å². The molecule has 10 heteroatoms. The van der Waals surface area contributed by atoms with Crippen LogP contribution in [0.15, 0.2) is 41.6 Å². The summed E-state index contributed by atoms with van der Waals surface area (Å²) in [5, 5.41) is 9.40.